The molecule has 0 radical (unpaired) electrons. The quantitative estimate of drug-likeness (QED) is 0.691. The van der Waals surface area contributed by atoms with Crippen LogP contribution in [0.1, 0.15) is 69.4 Å². The van der Waals surface area contributed by atoms with E-state index in [-0.39, 0.29) is 18.7 Å². The molecule has 2 aliphatic heterocycles. The molecule has 2 amide bonds. The number of nitrogens with two attached hydrogens (primary N) is 1. The van der Waals surface area contributed by atoms with Gasteiger partial charge >= 0.3 is 13.1 Å². The Bertz CT molecular complexity index is 853. The highest BCUT2D eigenvalue weighted by molar-refractivity contribution is 6.62. The van der Waals surface area contributed by atoms with Gasteiger partial charge < -0.3 is 25.0 Å². The van der Waals surface area contributed by atoms with Gasteiger partial charge in [0.15, 0.2) is 0 Å². The van der Waals surface area contributed by atoms with Crippen LogP contribution in [0.3, 0.4) is 0 Å². The summed E-state index contributed by atoms with van der Waals surface area (Å²) in [5.74, 6) is -2.09. The predicted octanol–water partition coefficient (Wildman–Crippen LogP) is 1.22. The molecule has 2 aliphatic rings. The Morgan fingerprint density at radius 3 is 2.34 bits per heavy atom. The molecule has 9 heteroatoms. The molecule has 3 N–H and O–H groups in total. The van der Waals surface area contributed by atoms with E-state index in [1.807, 2.05) is 33.8 Å². The first-order chi connectivity index (χ1) is 13.4. The predicted molar refractivity (Wildman–Crippen MR) is 107 cm³/mol. The average molecular weight is 402 g/mol. The van der Waals surface area contributed by atoms with Gasteiger partial charge in [0.1, 0.15) is 6.04 Å². The van der Waals surface area contributed by atoms with Crippen molar-refractivity contribution in [1.29, 1.82) is 0 Å². The maximum Gasteiger partial charge on any atom is 0.494 e. The van der Waals surface area contributed by atoms with Crippen LogP contribution in [-0.2, 0) is 18.9 Å². The number of carbonyl (C=O) groups excluding carboxylic acids is 2. The molecule has 2 atom stereocenters. The summed E-state index contributed by atoms with van der Waals surface area (Å²) in [5.41, 5.74) is 6.50. The summed E-state index contributed by atoms with van der Waals surface area (Å²) in [6.07, 6.45) is -0.279. The second-order valence-electron chi connectivity index (χ2n) is 8.67. The molecule has 0 spiro atoms. The summed E-state index contributed by atoms with van der Waals surface area (Å²) in [5, 5.41) is 8.95. The van der Waals surface area contributed by atoms with Crippen LogP contribution in [-0.4, -0.2) is 52.2 Å². The molecular formula is C20H27BN2O6. The number of primary amides is 1. The van der Waals surface area contributed by atoms with Gasteiger partial charge in [0.05, 0.1) is 17.2 Å². The number of carboxylic acid groups (broad SMARTS) is 1. The van der Waals surface area contributed by atoms with Crippen LogP contribution in [0.5, 0.6) is 0 Å². The second kappa shape index (κ2) is 7.14. The van der Waals surface area contributed by atoms with Crippen LogP contribution in [0, 0.1) is 0 Å². The van der Waals surface area contributed by atoms with E-state index in [4.69, 9.17) is 20.1 Å². The SMILES string of the molecule is CC1c2cc(B3OC(C)(C)C(C)(C)O3)ccc2C(=O)N1[C@@H](CCC(=O)O)C(N)=O. The Hall–Kier alpha value is -2.39. The van der Waals surface area contributed by atoms with Crippen molar-refractivity contribution in [3.63, 3.8) is 0 Å². The minimum Gasteiger partial charge on any atom is -0.481 e. The van der Waals surface area contributed by atoms with Crippen molar-refractivity contribution in [1.82, 2.24) is 4.90 Å². The largest absolute Gasteiger partial charge is 0.494 e. The van der Waals surface area contributed by atoms with Crippen molar-refractivity contribution in [2.75, 3.05) is 0 Å². The maximum atomic E-state index is 12.9. The topological polar surface area (TPSA) is 119 Å². The van der Waals surface area contributed by atoms with E-state index in [2.05, 4.69) is 0 Å². The Morgan fingerprint density at radius 2 is 1.83 bits per heavy atom. The van der Waals surface area contributed by atoms with Gasteiger partial charge in [0, 0.05) is 12.0 Å². The standard InChI is InChI=1S/C20H27BN2O6/c1-11-14-10-12(21-28-19(2,3)20(4,5)29-21)6-7-13(14)18(27)23(11)15(17(22)26)8-9-16(24)25/h6-7,10-11,15H,8-9H2,1-5H3,(H2,22,26)(H,24,25)/t11?,15-/m0/s1. The zero-order valence-corrected chi connectivity index (χ0v) is 17.4. The summed E-state index contributed by atoms with van der Waals surface area (Å²) >= 11 is 0. The molecule has 0 bridgehead atoms. The van der Waals surface area contributed by atoms with Crippen LogP contribution in [0.2, 0.25) is 0 Å². The molecule has 0 aromatic heterocycles. The zero-order valence-electron chi connectivity index (χ0n) is 17.4. The number of rotatable bonds is 6. The van der Waals surface area contributed by atoms with E-state index in [1.54, 1.807) is 19.1 Å². The third kappa shape index (κ3) is 3.64. The highest BCUT2D eigenvalue weighted by Crippen LogP contribution is 2.38. The van der Waals surface area contributed by atoms with Crippen molar-refractivity contribution >= 4 is 30.4 Å². The molecule has 29 heavy (non-hydrogen) atoms. The first-order valence-electron chi connectivity index (χ1n) is 9.69. The van der Waals surface area contributed by atoms with Crippen LogP contribution >= 0.6 is 0 Å². The molecular weight excluding hydrogens is 375 g/mol. The Labute approximate surface area is 170 Å². The lowest BCUT2D eigenvalue weighted by molar-refractivity contribution is -0.137. The molecule has 3 rings (SSSR count). The highest BCUT2D eigenvalue weighted by atomic mass is 16.7. The van der Waals surface area contributed by atoms with Gasteiger partial charge in [-0.1, -0.05) is 12.1 Å². The summed E-state index contributed by atoms with van der Waals surface area (Å²) in [6, 6.07) is 3.93. The molecule has 1 aromatic rings. The first kappa shape index (κ1) is 21.3. The fraction of sp³-hybridized carbons (Fsp3) is 0.550. The third-order valence-corrected chi connectivity index (χ3v) is 6.23. The van der Waals surface area contributed by atoms with Gasteiger partial charge in [0.2, 0.25) is 5.91 Å². The van der Waals surface area contributed by atoms with Crippen molar-refractivity contribution in [2.45, 2.75) is 70.7 Å². The Balaban J connectivity index is 1.90. The van der Waals surface area contributed by atoms with Gasteiger partial charge in [0.25, 0.3) is 5.91 Å². The number of fused-ring (bicyclic) bond motifs is 1. The van der Waals surface area contributed by atoms with Crippen LogP contribution < -0.4 is 11.2 Å². The number of benzene rings is 1. The van der Waals surface area contributed by atoms with Gasteiger partial charge in [-0.05, 0) is 58.1 Å². The van der Waals surface area contributed by atoms with E-state index in [0.29, 0.717) is 5.56 Å². The maximum absolute atomic E-state index is 12.9. The molecule has 1 fully saturated rings. The van der Waals surface area contributed by atoms with E-state index in [1.165, 1.54) is 4.90 Å². The van der Waals surface area contributed by atoms with Crippen LogP contribution in [0.4, 0.5) is 0 Å². The molecule has 1 unspecified atom stereocenters. The fourth-order valence-electron chi connectivity index (χ4n) is 3.80. The Kier molecular flexibility index (Phi) is 5.25. The van der Waals surface area contributed by atoms with Gasteiger partial charge in [-0.25, -0.2) is 0 Å². The van der Waals surface area contributed by atoms with Crippen molar-refractivity contribution in [2.24, 2.45) is 5.73 Å². The average Bonchev–Trinajstić information content (AvgIpc) is 2.98. The zero-order chi connectivity index (χ0) is 21.7. The van der Waals surface area contributed by atoms with Crippen molar-refractivity contribution in [3.8, 4) is 0 Å². The summed E-state index contributed by atoms with van der Waals surface area (Å²) in [4.78, 5) is 37.2. The molecule has 1 saturated heterocycles. The number of amides is 2. The van der Waals surface area contributed by atoms with Crippen LogP contribution in [0.15, 0.2) is 18.2 Å². The fourth-order valence-corrected chi connectivity index (χ4v) is 3.80. The number of carbonyl (C=O) groups is 3. The van der Waals surface area contributed by atoms with Crippen molar-refractivity contribution in [3.05, 3.63) is 29.3 Å². The van der Waals surface area contributed by atoms with Gasteiger partial charge in [-0.2, -0.15) is 0 Å². The lowest BCUT2D eigenvalue weighted by Gasteiger charge is -2.32. The number of hydrogen-bond acceptors (Lipinski definition) is 5. The summed E-state index contributed by atoms with van der Waals surface area (Å²) in [6.45, 7) is 9.67. The minimum atomic E-state index is -1.05. The minimum absolute atomic E-state index is 0.0289. The van der Waals surface area contributed by atoms with Gasteiger partial charge in [-0.3, -0.25) is 14.4 Å². The molecule has 0 saturated carbocycles. The summed E-state index contributed by atoms with van der Waals surface area (Å²) < 4.78 is 12.2. The first-order valence-corrected chi connectivity index (χ1v) is 9.69. The van der Waals surface area contributed by atoms with Crippen LogP contribution in [0.25, 0.3) is 0 Å². The number of aliphatic carboxylic acids is 1. The summed E-state index contributed by atoms with van der Waals surface area (Å²) in [7, 11) is -0.569. The number of nitrogens with zero attached hydrogens (tertiary/aromatic N) is 1. The molecule has 8 nitrogen and oxygen atoms in total. The lowest BCUT2D eigenvalue weighted by atomic mass is 9.77. The molecule has 1 aromatic carbocycles. The highest BCUT2D eigenvalue weighted by Gasteiger charge is 2.52. The molecule has 0 aliphatic carbocycles. The third-order valence-electron chi connectivity index (χ3n) is 6.23. The van der Waals surface area contributed by atoms with E-state index in [9.17, 15) is 14.4 Å². The van der Waals surface area contributed by atoms with Gasteiger partial charge in [-0.15, -0.1) is 0 Å². The lowest BCUT2D eigenvalue weighted by Crippen LogP contribution is -2.46. The Morgan fingerprint density at radius 1 is 1.24 bits per heavy atom. The smallest absolute Gasteiger partial charge is 0.481 e. The number of hydrogen-bond donors (Lipinski definition) is 2. The second-order valence-corrected chi connectivity index (χ2v) is 8.67. The molecule has 2 heterocycles. The normalized spacial score (nSPS) is 23.2. The van der Waals surface area contributed by atoms with E-state index < -0.39 is 42.3 Å². The monoisotopic (exact) mass is 402 g/mol. The molecule has 156 valence electrons. The number of carboxylic acids is 1. The van der Waals surface area contributed by atoms with E-state index >= 15 is 0 Å². The van der Waals surface area contributed by atoms with E-state index in [0.717, 1.165) is 11.0 Å². The van der Waals surface area contributed by atoms with Crippen molar-refractivity contribution < 1.29 is 28.8 Å².